The molecule has 1 aromatic heterocycles. The summed E-state index contributed by atoms with van der Waals surface area (Å²) in [5.41, 5.74) is 2.69. The minimum absolute atomic E-state index is 0.109. The van der Waals surface area contributed by atoms with Crippen molar-refractivity contribution in [3.63, 3.8) is 0 Å². The van der Waals surface area contributed by atoms with Crippen molar-refractivity contribution in [2.45, 2.75) is 6.42 Å². The van der Waals surface area contributed by atoms with E-state index >= 15 is 0 Å². The van der Waals surface area contributed by atoms with E-state index in [2.05, 4.69) is 53.1 Å². The second-order valence-electron chi connectivity index (χ2n) is 3.83. The number of thiophene rings is 1. The Labute approximate surface area is 141 Å². The lowest BCUT2D eigenvalue weighted by molar-refractivity contribution is 0.102. The zero-order chi connectivity index (χ0) is 13.8. The van der Waals surface area contributed by atoms with Gasteiger partial charge in [0.2, 0.25) is 0 Å². The molecule has 19 heavy (non-hydrogen) atoms. The van der Waals surface area contributed by atoms with Crippen molar-refractivity contribution in [2.75, 3.05) is 10.6 Å². The van der Waals surface area contributed by atoms with Crippen LogP contribution in [0.15, 0.2) is 37.9 Å². The van der Waals surface area contributed by atoms with Gasteiger partial charge in [0.05, 0.1) is 13.1 Å². The zero-order valence-corrected chi connectivity index (χ0v) is 15.3. The van der Waals surface area contributed by atoms with Crippen LogP contribution < -0.4 is 5.32 Å². The fourth-order valence-corrected chi connectivity index (χ4v) is 4.81. The molecule has 0 bridgehead atoms. The van der Waals surface area contributed by atoms with E-state index in [9.17, 15) is 4.79 Å². The van der Waals surface area contributed by atoms with Crippen LogP contribution in [0.1, 0.15) is 15.9 Å². The van der Waals surface area contributed by atoms with Gasteiger partial charge in [0.15, 0.2) is 0 Å². The highest BCUT2D eigenvalue weighted by molar-refractivity contribution is 9.12. The second kappa shape index (κ2) is 7.02. The standard InChI is InChI=1S/C13H10Br3NOS/c14-6-5-8-1-3-9(4-2-8)17-13(18)10-7-11(15)19-12(10)16/h1-4,7H,5-6H2,(H,17,18). The topological polar surface area (TPSA) is 29.1 Å². The number of aryl methyl sites for hydroxylation is 1. The Balaban J connectivity index is 2.08. The summed E-state index contributed by atoms with van der Waals surface area (Å²) in [6.45, 7) is 0. The van der Waals surface area contributed by atoms with Crippen molar-refractivity contribution in [3.8, 4) is 0 Å². The van der Waals surface area contributed by atoms with Crippen molar-refractivity contribution in [2.24, 2.45) is 0 Å². The van der Waals surface area contributed by atoms with Crippen LogP contribution in [0.5, 0.6) is 0 Å². The Hall–Kier alpha value is -0.170. The third-order valence-electron chi connectivity index (χ3n) is 2.50. The molecule has 1 aromatic carbocycles. The van der Waals surface area contributed by atoms with Gasteiger partial charge in [-0.3, -0.25) is 4.79 Å². The number of alkyl halides is 1. The van der Waals surface area contributed by atoms with Crippen LogP contribution in [-0.4, -0.2) is 11.2 Å². The molecular weight excluding hydrogens is 458 g/mol. The Morgan fingerprint density at radius 2 is 1.89 bits per heavy atom. The van der Waals surface area contributed by atoms with E-state index in [0.29, 0.717) is 5.56 Å². The summed E-state index contributed by atoms with van der Waals surface area (Å²) < 4.78 is 1.75. The van der Waals surface area contributed by atoms with Crippen LogP contribution in [0, 0.1) is 0 Å². The molecule has 100 valence electrons. The van der Waals surface area contributed by atoms with E-state index in [1.165, 1.54) is 16.9 Å². The predicted molar refractivity (Wildman–Crippen MR) is 91.6 cm³/mol. The fourth-order valence-electron chi connectivity index (χ4n) is 1.56. The minimum atomic E-state index is -0.109. The van der Waals surface area contributed by atoms with Crippen LogP contribution in [0.3, 0.4) is 0 Å². The molecule has 1 N–H and O–H groups in total. The van der Waals surface area contributed by atoms with Crippen LogP contribution in [0.25, 0.3) is 0 Å². The molecule has 1 amide bonds. The summed E-state index contributed by atoms with van der Waals surface area (Å²) >= 11 is 11.6. The van der Waals surface area contributed by atoms with E-state index in [-0.39, 0.29) is 5.91 Å². The Morgan fingerprint density at radius 3 is 2.42 bits per heavy atom. The van der Waals surface area contributed by atoms with Crippen molar-refractivity contribution in [1.82, 2.24) is 0 Å². The van der Waals surface area contributed by atoms with Gasteiger partial charge in [-0.15, -0.1) is 11.3 Å². The lowest BCUT2D eigenvalue weighted by Gasteiger charge is -2.05. The molecular formula is C13H10Br3NOS. The summed E-state index contributed by atoms with van der Waals surface area (Å²) in [4.78, 5) is 12.1. The van der Waals surface area contributed by atoms with Gasteiger partial charge in [-0.2, -0.15) is 0 Å². The van der Waals surface area contributed by atoms with Gasteiger partial charge in [-0.1, -0.05) is 28.1 Å². The van der Waals surface area contributed by atoms with Crippen LogP contribution in [-0.2, 0) is 6.42 Å². The normalized spacial score (nSPS) is 10.5. The van der Waals surface area contributed by atoms with Crippen molar-refractivity contribution in [3.05, 3.63) is 49.0 Å². The van der Waals surface area contributed by atoms with E-state index in [1.807, 2.05) is 30.3 Å². The maximum atomic E-state index is 12.1. The minimum Gasteiger partial charge on any atom is -0.322 e. The van der Waals surface area contributed by atoms with Gasteiger partial charge in [0.1, 0.15) is 0 Å². The number of hydrogen-bond acceptors (Lipinski definition) is 2. The van der Waals surface area contributed by atoms with Crippen molar-refractivity contribution in [1.29, 1.82) is 0 Å². The fraction of sp³-hybridized carbons (Fsp3) is 0.154. The third kappa shape index (κ3) is 4.15. The number of carbonyl (C=O) groups excluding carboxylic acids is 1. The molecule has 0 saturated heterocycles. The Bertz CT molecular complexity index is 580. The third-order valence-corrected chi connectivity index (χ3v) is 5.23. The summed E-state index contributed by atoms with van der Waals surface area (Å²) in [5, 5.41) is 3.83. The summed E-state index contributed by atoms with van der Waals surface area (Å²) in [6.07, 6.45) is 0.983. The summed E-state index contributed by atoms with van der Waals surface area (Å²) in [7, 11) is 0. The summed E-state index contributed by atoms with van der Waals surface area (Å²) in [5.74, 6) is -0.109. The van der Waals surface area contributed by atoms with Crippen LogP contribution >= 0.6 is 59.1 Å². The van der Waals surface area contributed by atoms with Crippen molar-refractivity contribution < 1.29 is 4.79 Å². The number of anilines is 1. The Kier molecular flexibility index (Phi) is 5.62. The van der Waals surface area contributed by atoms with E-state index in [0.717, 1.165) is 25.0 Å². The van der Waals surface area contributed by atoms with Gasteiger partial charge in [0.25, 0.3) is 5.91 Å². The molecule has 0 atom stereocenters. The average molecular weight is 468 g/mol. The molecule has 2 rings (SSSR count). The molecule has 0 fully saturated rings. The molecule has 2 aromatic rings. The lowest BCUT2D eigenvalue weighted by Crippen LogP contribution is -2.11. The number of amides is 1. The number of benzene rings is 1. The number of rotatable bonds is 4. The number of carbonyl (C=O) groups is 1. The first-order valence-electron chi connectivity index (χ1n) is 5.51. The van der Waals surface area contributed by atoms with Crippen molar-refractivity contribution >= 4 is 70.7 Å². The smallest absolute Gasteiger partial charge is 0.257 e. The molecule has 0 aliphatic rings. The molecule has 0 spiro atoms. The van der Waals surface area contributed by atoms with Gasteiger partial charge >= 0.3 is 0 Å². The molecule has 0 aliphatic carbocycles. The molecule has 0 saturated carbocycles. The predicted octanol–water partition coefficient (Wildman–Crippen LogP) is 5.46. The molecule has 1 heterocycles. The number of halogens is 3. The first kappa shape index (κ1) is 15.2. The highest BCUT2D eigenvalue weighted by Crippen LogP contribution is 2.32. The van der Waals surface area contributed by atoms with Crippen LogP contribution in [0.2, 0.25) is 0 Å². The second-order valence-corrected chi connectivity index (χ2v) is 8.37. The molecule has 2 nitrogen and oxygen atoms in total. The first-order valence-corrected chi connectivity index (χ1v) is 9.03. The first-order chi connectivity index (χ1) is 9.10. The maximum Gasteiger partial charge on any atom is 0.257 e. The SMILES string of the molecule is O=C(Nc1ccc(CCBr)cc1)c1cc(Br)sc1Br. The van der Waals surface area contributed by atoms with Gasteiger partial charge in [0, 0.05) is 11.0 Å². The molecule has 0 aliphatic heterocycles. The van der Waals surface area contributed by atoms with Gasteiger partial charge in [-0.25, -0.2) is 0 Å². The monoisotopic (exact) mass is 465 g/mol. The quantitative estimate of drug-likeness (QED) is 0.594. The summed E-state index contributed by atoms with van der Waals surface area (Å²) in [6, 6.07) is 9.70. The van der Waals surface area contributed by atoms with Gasteiger partial charge < -0.3 is 5.32 Å². The van der Waals surface area contributed by atoms with E-state index in [1.54, 1.807) is 0 Å². The zero-order valence-electron chi connectivity index (χ0n) is 9.75. The highest BCUT2D eigenvalue weighted by atomic mass is 79.9. The number of nitrogens with one attached hydrogen (secondary N) is 1. The van der Waals surface area contributed by atoms with E-state index < -0.39 is 0 Å². The molecule has 0 radical (unpaired) electrons. The lowest BCUT2D eigenvalue weighted by atomic mass is 10.1. The van der Waals surface area contributed by atoms with Gasteiger partial charge in [-0.05, 0) is 62.0 Å². The average Bonchev–Trinajstić information content (AvgIpc) is 2.71. The molecule has 6 heteroatoms. The Morgan fingerprint density at radius 1 is 1.21 bits per heavy atom. The number of hydrogen-bond donors (Lipinski definition) is 1. The van der Waals surface area contributed by atoms with Crippen LogP contribution in [0.4, 0.5) is 5.69 Å². The molecule has 0 unspecified atom stereocenters. The maximum absolute atomic E-state index is 12.1. The largest absolute Gasteiger partial charge is 0.322 e. The highest BCUT2D eigenvalue weighted by Gasteiger charge is 2.13. The van der Waals surface area contributed by atoms with E-state index in [4.69, 9.17) is 0 Å².